The van der Waals surface area contributed by atoms with Gasteiger partial charge in [-0.05, 0) is 17.9 Å². The van der Waals surface area contributed by atoms with Gasteiger partial charge in [0.15, 0.2) is 0 Å². The predicted octanol–water partition coefficient (Wildman–Crippen LogP) is 0.306. The third-order valence-electron chi connectivity index (χ3n) is 1.82. The second-order valence-corrected chi connectivity index (χ2v) is 2.60. The highest BCUT2D eigenvalue weighted by atomic mass is 16.3. The average molecular weight is 128 g/mol. The van der Waals surface area contributed by atoms with E-state index in [0.29, 0.717) is 5.92 Å². The molecule has 2 nitrogen and oxygen atoms in total. The van der Waals surface area contributed by atoms with Crippen LogP contribution in [0.25, 0.3) is 0 Å². The third-order valence-corrected chi connectivity index (χ3v) is 1.82. The Hall–Kier alpha value is -0.340. The minimum atomic E-state index is -0.317. The molecule has 0 amide bonds. The second kappa shape index (κ2) is 2.50. The summed E-state index contributed by atoms with van der Waals surface area (Å²) < 4.78 is 0. The van der Waals surface area contributed by atoms with Crippen LogP contribution in [-0.4, -0.2) is 22.9 Å². The standard InChI is InChI=1S/C7H12O2/c1-5-2-7(9)3-6(5)4-8/h3,5,7-9H,2,4H2,1H3/t5-,7+/m0/s1. The van der Waals surface area contributed by atoms with Crippen LogP contribution >= 0.6 is 0 Å². The Labute approximate surface area is 54.8 Å². The normalized spacial score (nSPS) is 34.8. The number of hydrogen-bond donors (Lipinski definition) is 2. The van der Waals surface area contributed by atoms with Crippen molar-refractivity contribution < 1.29 is 10.2 Å². The predicted molar refractivity (Wildman–Crippen MR) is 35.0 cm³/mol. The van der Waals surface area contributed by atoms with Crippen molar-refractivity contribution >= 4 is 0 Å². The largest absolute Gasteiger partial charge is 0.392 e. The maximum absolute atomic E-state index is 9.01. The Bertz CT molecular complexity index is 129. The van der Waals surface area contributed by atoms with E-state index in [1.54, 1.807) is 6.08 Å². The van der Waals surface area contributed by atoms with E-state index >= 15 is 0 Å². The molecule has 0 saturated heterocycles. The van der Waals surface area contributed by atoms with Crippen molar-refractivity contribution in [2.45, 2.75) is 19.4 Å². The van der Waals surface area contributed by atoms with E-state index in [1.807, 2.05) is 6.92 Å². The first-order chi connectivity index (χ1) is 4.24. The van der Waals surface area contributed by atoms with E-state index < -0.39 is 0 Å². The summed E-state index contributed by atoms with van der Waals surface area (Å²) in [5.41, 5.74) is 0.975. The van der Waals surface area contributed by atoms with Crippen molar-refractivity contribution in [2.75, 3.05) is 6.61 Å². The maximum Gasteiger partial charge on any atom is 0.0730 e. The van der Waals surface area contributed by atoms with Crippen molar-refractivity contribution in [3.8, 4) is 0 Å². The number of hydrogen-bond acceptors (Lipinski definition) is 2. The van der Waals surface area contributed by atoms with Crippen LogP contribution in [0.15, 0.2) is 11.6 Å². The van der Waals surface area contributed by atoms with Crippen LogP contribution in [0.4, 0.5) is 0 Å². The maximum atomic E-state index is 9.01. The van der Waals surface area contributed by atoms with Crippen molar-refractivity contribution in [2.24, 2.45) is 5.92 Å². The van der Waals surface area contributed by atoms with E-state index in [9.17, 15) is 0 Å². The molecule has 9 heavy (non-hydrogen) atoms. The molecule has 0 heterocycles. The van der Waals surface area contributed by atoms with Crippen LogP contribution in [-0.2, 0) is 0 Å². The van der Waals surface area contributed by atoms with Crippen molar-refractivity contribution in [3.63, 3.8) is 0 Å². The van der Waals surface area contributed by atoms with Gasteiger partial charge in [-0.3, -0.25) is 0 Å². The van der Waals surface area contributed by atoms with Gasteiger partial charge in [0.2, 0.25) is 0 Å². The number of aliphatic hydroxyl groups is 2. The average Bonchev–Trinajstić information content (AvgIpc) is 2.10. The topological polar surface area (TPSA) is 40.5 Å². The zero-order valence-corrected chi connectivity index (χ0v) is 5.54. The van der Waals surface area contributed by atoms with E-state index in [0.717, 1.165) is 12.0 Å². The molecule has 2 heteroatoms. The zero-order valence-electron chi connectivity index (χ0n) is 5.54. The minimum Gasteiger partial charge on any atom is -0.392 e. The highest BCUT2D eigenvalue weighted by Gasteiger charge is 2.19. The van der Waals surface area contributed by atoms with Gasteiger partial charge < -0.3 is 10.2 Å². The Morgan fingerprint density at radius 1 is 1.78 bits per heavy atom. The molecule has 0 spiro atoms. The van der Waals surface area contributed by atoms with Crippen LogP contribution < -0.4 is 0 Å². The van der Waals surface area contributed by atoms with Crippen LogP contribution in [0.3, 0.4) is 0 Å². The zero-order chi connectivity index (χ0) is 6.85. The van der Waals surface area contributed by atoms with Gasteiger partial charge in [0.25, 0.3) is 0 Å². The molecule has 0 aromatic rings. The monoisotopic (exact) mass is 128 g/mol. The van der Waals surface area contributed by atoms with Gasteiger partial charge >= 0.3 is 0 Å². The summed E-state index contributed by atoms with van der Waals surface area (Å²) >= 11 is 0. The molecule has 2 N–H and O–H groups in total. The summed E-state index contributed by atoms with van der Waals surface area (Å²) in [6.45, 7) is 2.11. The highest BCUT2D eigenvalue weighted by Crippen LogP contribution is 2.24. The minimum absolute atomic E-state index is 0.0955. The summed E-state index contributed by atoms with van der Waals surface area (Å²) in [6.07, 6.45) is 2.20. The first-order valence-corrected chi connectivity index (χ1v) is 3.23. The fraction of sp³-hybridized carbons (Fsp3) is 0.714. The van der Waals surface area contributed by atoms with Gasteiger partial charge in [-0.2, -0.15) is 0 Å². The van der Waals surface area contributed by atoms with Gasteiger partial charge in [0, 0.05) is 0 Å². The molecule has 0 aliphatic heterocycles. The first kappa shape index (κ1) is 6.78. The van der Waals surface area contributed by atoms with E-state index in [4.69, 9.17) is 10.2 Å². The lowest BCUT2D eigenvalue weighted by atomic mass is 10.1. The summed E-state index contributed by atoms with van der Waals surface area (Å²) in [6, 6.07) is 0. The summed E-state index contributed by atoms with van der Waals surface area (Å²) in [5, 5.41) is 17.7. The van der Waals surface area contributed by atoms with Gasteiger partial charge in [-0.25, -0.2) is 0 Å². The second-order valence-electron chi connectivity index (χ2n) is 2.60. The van der Waals surface area contributed by atoms with Gasteiger partial charge in [-0.1, -0.05) is 13.0 Å². The molecular formula is C7H12O2. The number of aliphatic hydroxyl groups excluding tert-OH is 2. The molecule has 0 saturated carbocycles. The molecule has 0 bridgehead atoms. The third kappa shape index (κ3) is 1.32. The molecule has 0 radical (unpaired) electrons. The van der Waals surface area contributed by atoms with Crippen molar-refractivity contribution in [1.82, 2.24) is 0 Å². The highest BCUT2D eigenvalue weighted by molar-refractivity contribution is 5.15. The van der Waals surface area contributed by atoms with Crippen LogP contribution in [0.5, 0.6) is 0 Å². The molecule has 2 atom stereocenters. The van der Waals surface area contributed by atoms with Crippen molar-refractivity contribution in [3.05, 3.63) is 11.6 Å². The first-order valence-electron chi connectivity index (χ1n) is 3.23. The molecule has 0 aromatic heterocycles. The summed E-state index contributed by atoms with van der Waals surface area (Å²) in [5.74, 6) is 0.366. The Kier molecular flexibility index (Phi) is 1.88. The molecule has 0 aromatic carbocycles. The van der Waals surface area contributed by atoms with E-state index in [2.05, 4.69) is 0 Å². The molecule has 1 aliphatic rings. The molecule has 1 aliphatic carbocycles. The summed E-state index contributed by atoms with van der Waals surface area (Å²) in [4.78, 5) is 0. The molecular weight excluding hydrogens is 116 g/mol. The van der Waals surface area contributed by atoms with Crippen molar-refractivity contribution in [1.29, 1.82) is 0 Å². The smallest absolute Gasteiger partial charge is 0.0730 e. The van der Waals surface area contributed by atoms with Crippen LogP contribution in [0.2, 0.25) is 0 Å². The van der Waals surface area contributed by atoms with Crippen LogP contribution in [0.1, 0.15) is 13.3 Å². The number of rotatable bonds is 1. The SMILES string of the molecule is C[C@H]1C[C@@H](O)C=C1CO. The quantitative estimate of drug-likeness (QED) is 0.499. The van der Waals surface area contributed by atoms with Gasteiger partial charge in [0.05, 0.1) is 12.7 Å². The van der Waals surface area contributed by atoms with Gasteiger partial charge in [-0.15, -0.1) is 0 Å². The lowest BCUT2D eigenvalue weighted by molar-refractivity contribution is 0.212. The molecule has 0 unspecified atom stereocenters. The van der Waals surface area contributed by atoms with E-state index in [-0.39, 0.29) is 12.7 Å². The lowest BCUT2D eigenvalue weighted by Crippen LogP contribution is -2.00. The molecule has 52 valence electrons. The van der Waals surface area contributed by atoms with E-state index in [1.165, 1.54) is 0 Å². The Morgan fingerprint density at radius 2 is 2.44 bits per heavy atom. The summed E-state index contributed by atoms with van der Waals surface area (Å²) in [7, 11) is 0. The van der Waals surface area contributed by atoms with Crippen LogP contribution in [0, 0.1) is 5.92 Å². The fourth-order valence-electron chi connectivity index (χ4n) is 1.20. The Balaban J connectivity index is 2.57. The molecule has 0 fully saturated rings. The lowest BCUT2D eigenvalue weighted by Gasteiger charge is -2.03. The Morgan fingerprint density at radius 3 is 2.67 bits per heavy atom. The fourth-order valence-corrected chi connectivity index (χ4v) is 1.20. The molecule has 1 rings (SSSR count). The van der Waals surface area contributed by atoms with Gasteiger partial charge in [0.1, 0.15) is 0 Å².